The van der Waals surface area contributed by atoms with Crippen LogP contribution in [0, 0.1) is 6.92 Å². The quantitative estimate of drug-likeness (QED) is 0.581. The highest BCUT2D eigenvalue weighted by atomic mass is 32.1. The number of aryl methyl sites for hydroxylation is 1. The lowest BCUT2D eigenvalue weighted by Crippen LogP contribution is -2.43. The van der Waals surface area contributed by atoms with Gasteiger partial charge in [-0.25, -0.2) is 4.98 Å². The molecule has 0 aromatic carbocycles. The van der Waals surface area contributed by atoms with Gasteiger partial charge in [-0.15, -0.1) is 11.3 Å². The Morgan fingerprint density at radius 3 is 3.00 bits per heavy atom. The summed E-state index contributed by atoms with van der Waals surface area (Å²) in [5, 5.41) is 5.08. The fourth-order valence-electron chi connectivity index (χ4n) is 3.77. The Hall–Kier alpha value is -2.87. The molecule has 3 aromatic heterocycles. The SMILES string of the molecule is C=CC(=O)N1CCC[C@H](Oc2nc(Nc3ncc(C)s3)cc3c2ccn3C(C)C)C1. The van der Waals surface area contributed by atoms with Crippen molar-refractivity contribution < 1.29 is 9.53 Å². The second-order valence-corrected chi connectivity index (χ2v) is 9.07. The van der Waals surface area contributed by atoms with Gasteiger partial charge in [-0.3, -0.25) is 4.79 Å². The van der Waals surface area contributed by atoms with Crippen molar-refractivity contribution in [1.82, 2.24) is 19.4 Å². The molecule has 7 nitrogen and oxygen atoms in total. The molecule has 1 aliphatic rings. The summed E-state index contributed by atoms with van der Waals surface area (Å²) in [6.07, 6.45) is 6.96. The molecule has 0 unspecified atom stereocenters. The summed E-state index contributed by atoms with van der Waals surface area (Å²) in [4.78, 5) is 24.1. The number of likely N-dealkylation sites (tertiary alicyclic amines) is 1. The van der Waals surface area contributed by atoms with Crippen LogP contribution in [0.1, 0.15) is 37.6 Å². The van der Waals surface area contributed by atoms with E-state index in [2.05, 4.69) is 41.5 Å². The van der Waals surface area contributed by atoms with Crippen molar-refractivity contribution in [3.05, 3.63) is 42.1 Å². The maximum absolute atomic E-state index is 12.0. The van der Waals surface area contributed by atoms with E-state index >= 15 is 0 Å². The molecule has 1 saturated heterocycles. The van der Waals surface area contributed by atoms with E-state index in [-0.39, 0.29) is 12.0 Å². The van der Waals surface area contributed by atoms with Gasteiger partial charge in [-0.05, 0) is 45.8 Å². The molecular formula is C22H27N5O2S. The highest BCUT2D eigenvalue weighted by molar-refractivity contribution is 7.15. The maximum Gasteiger partial charge on any atom is 0.246 e. The number of thiazole rings is 1. The van der Waals surface area contributed by atoms with Gasteiger partial charge in [-0.1, -0.05) is 6.58 Å². The number of aromatic nitrogens is 3. The molecule has 1 aliphatic heterocycles. The van der Waals surface area contributed by atoms with E-state index in [4.69, 9.17) is 9.72 Å². The normalized spacial score (nSPS) is 16.8. The predicted octanol–water partition coefficient (Wildman–Crippen LogP) is 4.68. The van der Waals surface area contributed by atoms with Crippen LogP contribution in [0.5, 0.6) is 5.88 Å². The maximum atomic E-state index is 12.0. The number of hydrogen-bond acceptors (Lipinski definition) is 6. The highest BCUT2D eigenvalue weighted by Crippen LogP contribution is 2.33. The Balaban J connectivity index is 1.67. The van der Waals surface area contributed by atoms with Crippen molar-refractivity contribution in [2.24, 2.45) is 0 Å². The lowest BCUT2D eigenvalue weighted by molar-refractivity contribution is -0.128. The van der Waals surface area contributed by atoms with Crippen LogP contribution in [0.25, 0.3) is 10.9 Å². The summed E-state index contributed by atoms with van der Waals surface area (Å²) in [5.74, 6) is 1.23. The number of rotatable bonds is 6. The van der Waals surface area contributed by atoms with Crippen LogP contribution in [0.15, 0.2) is 37.2 Å². The Morgan fingerprint density at radius 2 is 2.30 bits per heavy atom. The Bertz CT molecular complexity index is 1070. The molecule has 0 radical (unpaired) electrons. The number of carbonyl (C=O) groups is 1. The summed E-state index contributed by atoms with van der Waals surface area (Å²) in [6, 6.07) is 4.39. The number of amides is 1. The molecule has 0 spiro atoms. The topological polar surface area (TPSA) is 72.3 Å². The lowest BCUT2D eigenvalue weighted by atomic mass is 10.1. The van der Waals surface area contributed by atoms with E-state index in [0.717, 1.165) is 40.3 Å². The standard InChI is InChI=1S/C22H27N5O2S/c1-5-20(28)26-9-6-7-16(13-26)29-21-17-8-10-27(14(2)3)18(17)11-19(24-21)25-22-23-12-15(4)30-22/h5,8,10-12,14,16H,1,6-7,9,13H2,2-4H3,(H,23,24,25)/t16-/m0/s1. The van der Waals surface area contributed by atoms with Crippen molar-refractivity contribution >= 4 is 39.1 Å². The van der Waals surface area contributed by atoms with Crippen molar-refractivity contribution in [2.75, 3.05) is 18.4 Å². The Morgan fingerprint density at radius 1 is 1.47 bits per heavy atom. The van der Waals surface area contributed by atoms with Crippen LogP contribution in [0.2, 0.25) is 0 Å². The van der Waals surface area contributed by atoms with Gasteiger partial charge in [0.05, 0.1) is 17.4 Å². The highest BCUT2D eigenvalue weighted by Gasteiger charge is 2.25. The van der Waals surface area contributed by atoms with E-state index in [1.165, 1.54) is 6.08 Å². The predicted molar refractivity (Wildman–Crippen MR) is 121 cm³/mol. The molecule has 4 rings (SSSR count). The lowest BCUT2D eigenvalue weighted by Gasteiger charge is -2.32. The number of carbonyl (C=O) groups excluding carboxylic acids is 1. The first-order valence-corrected chi connectivity index (χ1v) is 11.0. The smallest absolute Gasteiger partial charge is 0.246 e. The second-order valence-electron chi connectivity index (χ2n) is 7.83. The molecule has 1 N–H and O–H groups in total. The molecule has 0 aliphatic carbocycles. The van der Waals surface area contributed by atoms with Crippen LogP contribution in [0.4, 0.5) is 10.9 Å². The summed E-state index contributed by atoms with van der Waals surface area (Å²) in [7, 11) is 0. The van der Waals surface area contributed by atoms with Gasteiger partial charge in [0, 0.05) is 35.9 Å². The van der Waals surface area contributed by atoms with Crippen molar-refractivity contribution in [3.63, 3.8) is 0 Å². The molecule has 3 aromatic rings. The summed E-state index contributed by atoms with van der Waals surface area (Å²) < 4.78 is 8.57. The average Bonchev–Trinajstić information content (AvgIpc) is 3.34. The molecule has 0 saturated carbocycles. The molecule has 4 heterocycles. The number of nitrogens with one attached hydrogen (secondary N) is 1. The number of pyridine rings is 1. The minimum atomic E-state index is -0.0990. The zero-order valence-corrected chi connectivity index (χ0v) is 18.4. The first kappa shape index (κ1) is 20.4. The summed E-state index contributed by atoms with van der Waals surface area (Å²) in [6.45, 7) is 11.2. The van der Waals surface area contributed by atoms with Crippen molar-refractivity contribution in [1.29, 1.82) is 0 Å². The van der Waals surface area contributed by atoms with E-state index < -0.39 is 0 Å². The van der Waals surface area contributed by atoms with Gasteiger partial charge < -0.3 is 19.5 Å². The van der Waals surface area contributed by atoms with Crippen LogP contribution in [-0.2, 0) is 4.79 Å². The van der Waals surface area contributed by atoms with Gasteiger partial charge >= 0.3 is 0 Å². The minimum Gasteiger partial charge on any atom is -0.472 e. The zero-order valence-electron chi connectivity index (χ0n) is 17.6. The van der Waals surface area contributed by atoms with Gasteiger partial charge in [0.15, 0.2) is 5.13 Å². The van der Waals surface area contributed by atoms with Gasteiger partial charge in [0.2, 0.25) is 11.8 Å². The zero-order chi connectivity index (χ0) is 21.3. The molecule has 8 heteroatoms. The van der Waals surface area contributed by atoms with Gasteiger partial charge in [0.1, 0.15) is 11.9 Å². The van der Waals surface area contributed by atoms with Crippen LogP contribution in [-0.4, -0.2) is 44.5 Å². The van der Waals surface area contributed by atoms with Crippen molar-refractivity contribution in [3.8, 4) is 5.88 Å². The van der Waals surface area contributed by atoms with Crippen LogP contribution >= 0.6 is 11.3 Å². The van der Waals surface area contributed by atoms with Crippen molar-refractivity contribution in [2.45, 2.75) is 45.8 Å². The molecule has 1 amide bonds. The molecule has 1 fully saturated rings. The largest absolute Gasteiger partial charge is 0.472 e. The van der Waals surface area contributed by atoms with E-state index in [9.17, 15) is 4.79 Å². The third kappa shape index (κ3) is 4.18. The number of piperidine rings is 1. The Labute approximate surface area is 180 Å². The summed E-state index contributed by atoms with van der Waals surface area (Å²) >= 11 is 1.58. The van der Waals surface area contributed by atoms with Gasteiger partial charge in [0.25, 0.3) is 0 Å². The number of fused-ring (bicyclic) bond motifs is 1. The number of nitrogens with zero attached hydrogens (tertiary/aromatic N) is 4. The first-order valence-electron chi connectivity index (χ1n) is 10.2. The fourth-order valence-corrected chi connectivity index (χ4v) is 4.44. The molecule has 0 bridgehead atoms. The number of hydrogen-bond donors (Lipinski definition) is 1. The van der Waals surface area contributed by atoms with E-state index in [0.29, 0.717) is 24.3 Å². The minimum absolute atomic E-state index is 0.0538. The van der Waals surface area contributed by atoms with E-state index in [1.54, 1.807) is 16.2 Å². The number of ether oxygens (including phenoxy) is 1. The van der Waals surface area contributed by atoms with Gasteiger partial charge in [-0.2, -0.15) is 4.98 Å². The molecule has 158 valence electrons. The first-order chi connectivity index (χ1) is 14.4. The van der Waals surface area contributed by atoms with Crippen LogP contribution in [0.3, 0.4) is 0 Å². The van der Waals surface area contributed by atoms with E-state index in [1.807, 2.05) is 25.3 Å². The third-order valence-corrected chi connectivity index (χ3v) is 6.07. The molecular weight excluding hydrogens is 398 g/mol. The molecule has 1 atom stereocenters. The Kier molecular flexibility index (Phi) is 5.76. The second kappa shape index (κ2) is 8.47. The van der Waals surface area contributed by atoms with Crippen LogP contribution < -0.4 is 10.1 Å². The fraction of sp³-hybridized carbons (Fsp3) is 0.409. The monoisotopic (exact) mass is 425 g/mol. The molecule has 30 heavy (non-hydrogen) atoms. The third-order valence-electron chi connectivity index (χ3n) is 5.24. The number of anilines is 2. The summed E-state index contributed by atoms with van der Waals surface area (Å²) in [5.41, 5.74) is 1.06. The average molecular weight is 426 g/mol.